The summed E-state index contributed by atoms with van der Waals surface area (Å²) in [6.07, 6.45) is 2.38. The molecule has 7 heteroatoms. The number of oxime groups is 1. The van der Waals surface area contributed by atoms with Crippen LogP contribution in [0, 0.1) is 0 Å². The Labute approximate surface area is 102 Å². The first-order chi connectivity index (χ1) is 8.66. The molecule has 1 atom stereocenters. The number of carboxylic acid groups (broad SMARTS) is 1. The van der Waals surface area contributed by atoms with Crippen molar-refractivity contribution in [2.45, 2.75) is 19.1 Å². The highest BCUT2D eigenvalue weighted by Gasteiger charge is 2.31. The van der Waals surface area contributed by atoms with E-state index in [4.69, 9.17) is 9.94 Å². The number of rotatable bonds is 4. The average molecular weight is 249 g/mol. The second-order valence-corrected chi connectivity index (χ2v) is 3.72. The second-order valence-electron chi connectivity index (χ2n) is 3.72. The molecular weight excluding hydrogens is 238 g/mol. The SMILES string of the molecule is O=C(O)C1=NOC(C(=O)NCc2cccnc2)C1. The molecule has 0 saturated heterocycles. The lowest BCUT2D eigenvalue weighted by Gasteiger charge is -2.08. The molecule has 7 nitrogen and oxygen atoms in total. The van der Waals surface area contributed by atoms with Crippen LogP contribution in [0.1, 0.15) is 12.0 Å². The van der Waals surface area contributed by atoms with Crippen molar-refractivity contribution in [3.05, 3.63) is 30.1 Å². The fourth-order valence-corrected chi connectivity index (χ4v) is 1.45. The molecule has 0 aromatic carbocycles. The molecule has 18 heavy (non-hydrogen) atoms. The zero-order valence-electron chi connectivity index (χ0n) is 9.37. The van der Waals surface area contributed by atoms with Gasteiger partial charge in [0.15, 0.2) is 5.71 Å². The topological polar surface area (TPSA) is 101 Å². The summed E-state index contributed by atoms with van der Waals surface area (Å²) in [5.74, 6) is -1.56. The van der Waals surface area contributed by atoms with Gasteiger partial charge in [-0.2, -0.15) is 0 Å². The molecule has 0 fully saturated rings. The Bertz CT molecular complexity index is 486. The van der Waals surface area contributed by atoms with Crippen molar-refractivity contribution in [2.24, 2.45) is 5.16 Å². The van der Waals surface area contributed by atoms with Gasteiger partial charge in [0.05, 0.1) is 0 Å². The van der Waals surface area contributed by atoms with E-state index in [1.165, 1.54) is 0 Å². The zero-order valence-corrected chi connectivity index (χ0v) is 9.37. The lowest BCUT2D eigenvalue weighted by molar-refractivity contribution is -0.131. The van der Waals surface area contributed by atoms with E-state index >= 15 is 0 Å². The maximum absolute atomic E-state index is 11.7. The lowest BCUT2D eigenvalue weighted by Crippen LogP contribution is -2.34. The molecule has 1 unspecified atom stereocenters. The Morgan fingerprint density at radius 1 is 1.56 bits per heavy atom. The molecule has 0 radical (unpaired) electrons. The summed E-state index contributed by atoms with van der Waals surface area (Å²) in [5.41, 5.74) is 0.708. The van der Waals surface area contributed by atoms with Gasteiger partial charge in [-0.3, -0.25) is 9.78 Å². The van der Waals surface area contributed by atoms with E-state index in [0.717, 1.165) is 5.56 Å². The summed E-state index contributed by atoms with van der Waals surface area (Å²) in [7, 11) is 0. The van der Waals surface area contributed by atoms with Gasteiger partial charge in [0.1, 0.15) is 0 Å². The lowest BCUT2D eigenvalue weighted by atomic mass is 10.1. The summed E-state index contributed by atoms with van der Waals surface area (Å²) < 4.78 is 0. The Hall–Kier alpha value is -2.44. The summed E-state index contributed by atoms with van der Waals surface area (Å²) in [5, 5.41) is 14.6. The number of aliphatic carboxylic acids is 1. The van der Waals surface area contributed by atoms with Crippen molar-refractivity contribution in [2.75, 3.05) is 0 Å². The smallest absolute Gasteiger partial charge is 0.353 e. The Balaban J connectivity index is 1.82. The maximum Gasteiger partial charge on any atom is 0.353 e. The molecule has 1 amide bonds. The van der Waals surface area contributed by atoms with Crippen LogP contribution in [0.15, 0.2) is 29.7 Å². The summed E-state index contributed by atoms with van der Waals surface area (Å²) in [4.78, 5) is 30.9. The number of pyridine rings is 1. The van der Waals surface area contributed by atoms with Crippen molar-refractivity contribution in [1.29, 1.82) is 0 Å². The molecule has 0 spiro atoms. The van der Waals surface area contributed by atoms with Crippen LogP contribution < -0.4 is 5.32 Å². The molecule has 1 aliphatic rings. The van der Waals surface area contributed by atoms with Crippen LogP contribution in [0.25, 0.3) is 0 Å². The molecule has 2 rings (SSSR count). The monoisotopic (exact) mass is 249 g/mol. The third kappa shape index (κ3) is 2.82. The van der Waals surface area contributed by atoms with E-state index in [1.807, 2.05) is 6.07 Å². The van der Waals surface area contributed by atoms with Gasteiger partial charge in [0.2, 0.25) is 6.10 Å². The van der Waals surface area contributed by atoms with Crippen molar-refractivity contribution in [1.82, 2.24) is 10.3 Å². The minimum absolute atomic E-state index is 0.0196. The number of aromatic nitrogens is 1. The normalized spacial score (nSPS) is 17.8. The molecule has 0 aliphatic carbocycles. The van der Waals surface area contributed by atoms with Gasteiger partial charge in [-0.05, 0) is 11.6 Å². The Kier molecular flexibility index (Phi) is 3.52. The van der Waals surface area contributed by atoms with Crippen LogP contribution in [0.5, 0.6) is 0 Å². The van der Waals surface area contributed by atoms with Crippen molar-refractivity contribution in [3.8, 4) is 0 Å². The molecular formula is C11H11N3O4. The first kappa shape index (κ1) is 12.0. The van der Waals surface area contributed by atoms with Gasteiger partial charge in [-0.1, -0.05) is 11.2 Å². The molecule has 0 saturated carbocycles. The predicted molar refractivity (Wildman–Crippen MR) is 60.6 cm³/mol. The van der Waals surface area contributed by atoms with Crippen LogP contribution in [0.3, 0.4) is 0 Å². The second kappa shape index (κ2) is 5.26. The number of amides is 1. The minimum Gasteiger partial charge on any atom is -0.477 e. The van der Waals surface area contributed by atoms with E-state index in [9.17, 15) is 9.59 Å². The molecule has 0 bridgehead atoms. The first-order valence-corrected chi connectivity index (χ1v) is 5.29. The zero-order chi connectivity index (χ0) is 13.0. The number of nitrogens with one attached hydrogen (secondary N) is 1. The standard InChI is InChI=1S/C11H11N3O4/c15-10(9-4-8(11(16)17)14-18-9)13-6-7-2-1-3-12-5-7/h1-3,5,9H,4,6H2,(H,13,15)(H,16,17). The molecule has 1 aliphatic heterocycles. The van der Waals surface area contributed by atoms with Crippen LogP contribution in [-0.4, -0.2) is 33.8 Å². The van der Waals surface area contributed by atoms with Gasteiger partial charge in [-0.15, -0.1) is 0 Å². The van der Waals surface area contributed by atoms with Crippen LogP contribution in [-0.2, 0) is 21.0 Å². The average Bonchev–Trinajstić information content (AvgIpc) is 2.87. The van der Waals surface area contributed by atoms with Crippen LogP contribution in [0.4, 0.5) is 0 Å². The van der Waals surface area contributed by atoms with Crippen LogP contribution in [0.2, 0.25) is 0 Å². The van der Waals surface area contributed by atoms with Crippen molar-refractivity contribution >= 4 is 17.6 Å². The number of hydrogen-bond acceptors (Lipinski definition) is 5. The van der Waals surface area contributed by atoms with E-state index in [0.29, 0.717) is 6.54 Å². The Morgan fingerprint density at radius 2 is 2.39 bits per heavy atom. The maximum atomic E-state index is 11.7. The van der Waals surface area contributed by atoms with Gasteiger partial charge in [0, 0.05) is 25.4 Å². The highest BCUT2D eigenvalue weighted by molar-refractivity contribution is 6.36. The molecule has 2 N–H and O–H groups in total. The summed E-state index contributed by atoms with van der Waals surface area (Å²) in [6, 6.07) is 3.58. The quantitative estimate of drug-likeness (QED) is 0.777. The van der Waals surface area contributed by atoms with E-state index in [1.54, 1.807) is 18.5 Å². The molecule has 2 heterocycles. The van der Waals surface area contributed by atoms with Crippen molar-refractivity contribution < 1.29 is 19.5 Å². The molecule has 94 valence electrons. The fraction of sp³-hybridized carbons (Fsp3) is 0.273. The predicted octanol–water partition coefficient (Wildman–Crippen LogP) is -0.0727. The van der Waals surface area contributed by atoms with Crippen LogP contribution >= 0.6 is 0 Å². The largest absolute Gasteiger partial charge is 0.477 e. The third-order valence-corrected chi connectivity index (χ3v) is 2.40. The van der Waals surface area contributed by atoms with Gasteiger partial charge in [-0.25, -0.2) is 4.79 Å². The van der Waals surface area contributed by atoms with Crippen molar-refractivity contribution in [3.63, 3.8) is 0 Å². The molecule has 1 aromatic heterocycles. The number of nitrogens with zero attached hydrogens (tertiary/aromatic N) is 2. The summed E-state index contributed by atoms with van der Waals surface area (Å²) >= 11 is 0. The first-order valence-electron chi connectivity index (χ1n) is 5.29. The van der Waals surface area contributed by atoms with E-state index in [-0.39, 0.29) is 18.0 Å². The number of carbonyl (C=O) groups excluding carboxylic acids is 1. The molecule has 1 aromatic rings. The van der Waals surface area contributed by atoms with E-state index in [2.05, 4.69) is 15.5 Å². The minimum atomic E-state index is -1.17. The third-order valence-electron chi connectivity index (χ3n) is 2.40. The fourth-order valence-electron chi connectivity index (χ4n) is 1.45. The van der Waals surface area contributed by atoms with Gasteiger partial charge in [0.25, 0.3) is 5.91 Å². The summed E-state index contributed by atoms with van der Waals surface area (Å²) in [6.45, 7) is 0.314. The van der Waals surface area contributed by atoms with Gasteiger partial charge >= 0.3 is 5.97 Å². The number of carbonyl (C=O) groups is 2. The van der Waals surface area contributed by atoms with Gasteiger partial charge < -0.3 is 15.3 Å². The Morgan fingerprint density at radius 3 is 3.00 bits per heavy atom. The van der Waals surface area contributed by atoms with E-state index < -0.39 is 12.1 Å². The highest BCUT2D eigenvalue weighted by atomic mass is 16.6. The number of hydrogen-bond donors (Lipinski definition) is 2. The number of carboxylic acids is 1. The highest BCUT2D eigenvalue weighted by Crippen LogP contribution is 2.11.